The second kappa shape index (κ2) is 10.1. The van der Waals surface area contributed by atoms with Crippen molar-refractivity contribution >= 4 is 22.5 Å². The van der Waals surface area contributed by atoms with Crippen LogP contribution in [0, 0.1) is 23.5 Å². The minimum atomic E-state index is -1.02. The van der Waals surface area contributed by atoms with Crippen molar-refractivity contribution in [3.05, 3.63) is 106 Å². The molecule has 0 fully saturated rings. The van der Waals surface area contributed by atoms with Gasteiger partial charge in [0.1, 0.15) is 5.56 Å². The topological polar surface area (TPSA) is 89.8 Å². The predicted molar refractivity (Wildman–Crippen MR) is 127 cm³/mol. The first-order chi connectivity index (χ1) is 16.8. The average molecular weight is 471 g/mol. The highest BCUT2D eigenvalue weighted by atomic mass is 19.2. The largest absolute Gasteiger partial charge is 0.341 e. The molecule has 0 atom stereocenters. The molecule has 0 aliphatic heterocycles. The van der Waals surface area contributed by atoms with Crippen LogP contribution in [0.3, 0.4) is 0 Å². The van der Waals surface area contributed by atoms with Gasteiger partial charge in [-0.2, -0.15) is 0 Å². The maximum absolute atomic E-state index is 13.4. The third kappa shape index (κ3) is 5.45. The van der Waals surface area contributed by atoms with E-state index < -0.39 is 23.1 Å². The third-order valence-corrected chi connectivity index (χ3v) is 5.03. The lowest BCUT2D eigenvalue weighted by Crippen LogP contribution is -2.33. The van der Waals surface area contributed by atoms with Crippen LogP contribution in [0.15, 0.2) is 66.5 Å². The molecule has 2 aromatic carbocycles. The zero-order valence-electron chi connectivity index (χ0n) is 18.7. The molecule has 174 valence electrons. The van der Waals surface area contributed by atoms with Crippen LogP contribution >= 0.6 is 0 Å². The number of carbonyl (C=O) groups is 1. The highest BCUT2D eigenvalue weighted by molar-refractivity contribution is 5.93. The summed E-state index contributed by atoms with van der Waals surface area (Å²) in [7, 11) is 0. The van der Waals surface area contributed by atoms with Crippen LogP contribution in [0.25, 0.3) is 16.6 Å². The molecule has 0 spiro atoms. The first-order valence-corrected chi connectivity index (χ1v) is 10.5. The number of hydrogen-bond acceptors (Lipinski definition) is 5. The number of rotatable bonds is 5. The summed E-state index contributed by atoms with van der Waals surface area (Å²) in [5, 5.41) is 2.56. The van der Waals surface area contributed by atoms with Crippen LogP contribution in [0.2, 0.25) is 0 Å². The van der Waals surface area contributed by atoms with E-state index in [2.05, 4.69) is 38.7 Å². The summed E-state index contributed by atoms with van der Waals surface area (Å²) in [5.74, 6) is 3.12. The lowest BCUT2D eigenvalue weighted by molar-refractivity contribution is 0.0956. The second-order valence-corrected chi connectivity index (χ2v) is 7.71. The fourth-order valence-electron chi connectivity index (χ4n) is 3.21. The molecule has 1 amide bonds. The minimum absolute atomic E-state index is 0.00807. The Morgan fingerprint density at radius 3 is 2.71 bits per heavy atom. The zero-order chi connectivity index (χ0) is 24.9. The predicted octanol–water partition coefficient (Wildman–Crippen LogP) is 3.33. The van der Waals surface area contributed by atoms with Gasteiger partial charge in [-0.25, -0.2) is 18.7 Å². The van der Waals surface area contributed by atoms with Gasteiger partial charge in [0.05, 0.1) is 42.3 Å². The van der Waals surface area contributed by atoms with Gasteiger partial charge in [0, 0.05) is 11.8 Å². The van der Waals surface area contributed by atoms with E-state index in [9.17, 15) is 18.4 Å². The fourth-order valence-corrected chi connectivity index (χ4v) is 3.21. The molecular formula is C26H19F2N5O2. The van der Waals surface area contributed by atoms with Crippen LogP contribution in [0.4, 0.5) is 8.78 Å². The molecule has 1 N–H and O–H groups in total. The minimum Gasteiger partial charge on any atom is -0.341 e. The Labute approximate surface area is 199 Å². The standard InChI is InChI=1S/C26H19F2N5O2/c1-16(2)24-13-31-22-8-6-17(11-23(22)32-24)4-3-9-30-25(34)19-12-29-15-33(26(19)35)14-18-5-7-20(27)21(28)10-18/h5-8,10-13,15H,1,9,14H2,2H3,(H,30,34). The smallest absolute Gasteiger partial charge is 0.266 e. The van der Waals surface area contributed by atoms with E-state index in [4.69, 9.17) is 0 Å². The molecule has 2 aromatic heterocycles. The molecule has 35 heavy (non-hydrogen) atoms. The molecule has 0 saturated heterocycles. The number of benzene rings is 2. The molecule has 2 heterocycles. The van der Waals surface area contributed by atoms with Crippen LogP contribution in [-0.4, -0.2) is 32.0 Å². The quantitative estimate of drug-likeness (QED) is 0.451. The molecule has 0 aliphatic rings. The number of halogens is 2. The van der Waals surface area contributed by atoms with E-state index in [0.29, 0.717) is 22.3 Å². The molecule has 4 aromatic rings. The molecule has 0 aliphatic carbocycles. The Morgan fingerprint density at radius 1 is 1.11 bits per heavy atom. The summed E-state index contributed by atoms with van der Waals surface area (Å²) < 4.78 is 27.7. The van der Waals surface area contributed by atoms with Crippen molar-refractivity contribution < 1.29 is 13.6 Å². The van der Waals surface area contributed by atoms with Crippen molar-refractivity contribution in [3.63, 3.8) is 0 Å². The maximum Gasteiger partial charge on any atom is 0.266 e. The molecule has 0 bridgehead atoms. The number of amides is 1. The van der Waals surface area contributed by atoms with Gasteiger partial charge in [0.15, 0.2) is 11.6 Å². The Morgan fingerprint density at radius 2 is 1.94 bits per heavy atom. The van der Waals surface area contributed by atoms with Crippen molar-refractivity contribution in [2.75, 3.05) is 6.54 Å². The van der Waals surface area contributed by atoms with E-state index in [1.165, 1.54) is 12.4 Å². The van der Waals surface area contributed by atoms with Crippen LogP contribution < -0.4 is 10.9 Å². The zero-order valence-corrected chi connectivity index (χ0v) is 18.7. The van der Waals surface area contributed by atoms with Crippen LogP contribution in [-0.2, 0) is 6.54 Å². The highest BCUT2D eigenvalue weighted by Crippen LogP contribution is 2.15. The summed E-state index contributed by atoms with van der Waals surface area (Å²) in [6.45, 7) is 5.64. The number of hydrogen-bond donors (Lipinski definition) is 1. The van der Waals surface area contributed by atoms with Gasteiger partial charge >= 0.3 is 0 Å². The monoisotopic (exact) mass is 471 g/mol. The summed E-state index contributed by atoms with van der Waals surface area (Å²) in [6, 6.07) is 8.71. The normalized spacial score (nSPS) is 10.5. The third-order valence-electron chi connectivity index (χ3n) is 5.03. The molecule has 0 saturated carbocycles. The first-order valence-electron chi connectivity index (χ1n) is 10.5. The summed E-state index contributed by atoms with van der Waals surface area (Å²) in [4.78, 5) is 37.9. The van der Waals surface area contributed by atoms with Gasteiger partial charge in [-0.3, -0.25) is 19.1 Å². The van der Waals surface area contributed by atoms with Crippen molar-refractivity contribution in [2.45, 2.75) is 13.5 Å². The Balaban J connectivity index is 1.44. The van der Waals surface area contributed by atoms with Crippen molar-refractivity contribution in [3.8, 4) is 11.8 Å². The van der Waals surface area contributed by atoms with Crippen molar-refractivity contribution in [1.29, 1.82) is 0 Å². The Bertz CT molecular complexity index is 1580. The van der Waals surface area contributed by atoms with Gasteiger partial charge in [-0.15, -0.1) is 0 Å². The number of nitrogens with zero attached hydrogens (tertiary/aromatic N) is 4. The second-order valence-electron chi connectivity index (χ2n) is 7.71. The highest BCUT2D eigenvalue weighted by Gasteiger charge is 2.13. The van der Waals surface area contributed by atoms with Crippen molar-refractivity contribution in [2.24, 2.45) is 0 Å². The molecule has 0 unspecified atom stereocenters. The van der Waals surface area contributed by atoms with Gasteiger partial charge in [-0.05, 0) is 48.4 Å². The molecule has 9 heteroatoms. The van der Waals surface area contributed by atoms with Gasteiger partial charge in [0.2, 0.25) is 0 Å². The number of fused-ring (bicyclic) bond motifs is 1. The van der Waals surface area contributed by atoms with E-state index in [1.54, 1.807) is 24.4 Å². The lowest BCUT2D eigenvalue weighted by Gasteiger charge is -2.08. The van der Waals surface area contributed by atoms with Crippen LogP contribution in [0.1, 0.15) is 34.1 Å². The molecule has 7 nitrogen and oxygen atoms in total. The summed E-state index contributed by atoms with van der Waals surface area (Å²) in [6.07, 6.45) is 4.03. The maximum atomic E-state index is 13.4. The molecule has 0 radical (unpaired) electrons. The number of carbonyl (C=O) groups excluding carboxylic acids is 1. The fraction of sp³-hybridized carbons (Fsp3) is 0.115. The van der Waals surface area contributed by atoms with E-state index >= 15 is 0 Å². The number of nitrogens with one attached hydrogen (secondary N) is 1. The average Bonchev–Trinajstić information content (AvgIpc) is 2.84. The Hall–Kier alpha value is -4.71. The summed E-state index contributed by atoms with van der Waals surface area (Å²) in [5.41, 5.74) is 3.14. The number of aromatic nitrogens is 4. The van der Waals surface area contributed by atoms with Gasteiger partial charge in [0.25, 0.3) is 11.5 Å². The summed E-state index contributed by atoms with van der Waals surface area (Å²) >= 11 is 0. The van der Waals surface area contributed by atoms with Crippen LogP contribution in [0.5, 0.6) is 0 Å². The number of allylic oxidation sites excluding steroid dienone is 1. The SMILES string of the molecule is C=C(C)c1cnc2ccc(C#CCNC(=O)c3cncn(Cc4ccc(F)c(F)c4)c3=O)cc2n1. The van der Waals surface area contributed by atoms with Crippen molar-refractivity contribution in [1.82, 2.24) is 24.8 Å². The first kappa shape index (κ1) is 23.4. The van der Waals surface area contributed by atoms with E-state index in [0.717, 1.165) is 34.0 Å². The molecular weight excluding hydrogens is 452 g/mol. The van der Waals surface area contributed by atoms with Gasteiger partial charge in [-0.1, -0.05) is 24.5 Å². The van der Waals surface area contributed by atoms with E-state index in [-0.39, 0.29) is 18.7 Å². The van der Waals surface area contributed by atoms with E-state index in [1.807, 2.05) is 6.92 Å². The Kier molecular flexibility index (Phi) is 6.73. The lowest BCUT2D eigenvalue weighted by atomic mass is 10.2. The molecule has 4 rings (SSSR count). The van der Waals surface area contributed by atoms with Gasteiger partial charge < -0.3 is 5.32 Å².